The maximum absolute atomic E-state index is 14.6. The third-order valence-corrected chi connectivity index (χ3v) is 7.01. The summed E-state index contributed by atoms with van der Waals surface area (Å²) >= 11 is 0. The predicted octanol–water partition coefficient (Wildman–Crippen LogP) is 2.60. The summed E-state index contributed by atoms with van der Waals surface area (Å²) in [5, 5.41) is 0. The number of nitrogens with two attached hydrogens (primary N) is 1. The highest BCUT2D eigenvalue weighted by Crippen LogP contribution is 2.38. The van der Waals surface area contributed by atoms with Crippen LogP contribution in [0.15, 0.2) is 28.0 Å². The monoisotopic (exact) mass is 489 g/mol. The first kappa shape index (κ1) is 23.0. The van der Waals surface area contributed by atoms with Crippen molar-refractivity contribution in [3.63, 3.8) is 0 Å². The molecule has 0 spiro atoms. The zero-order valence-electron chi connectivity index (χ0n) is 17.4. The second-order valence-electron chi connectivity index (χ2n) is 7.33. The summed E-state index contributed by atoms with van der Waals surface area (Å²) in [6.07, 6.45) is -6.63. The van der Waals surface area contributed by atoms with Crippen LogP contribution in [0, 0.1) is 12.7 Å². The van der Waals surface area contributed by atoms with E-state index < -0.39 is 44.3 Å². The number of hydrogen-bond donors (Lipinski definition) is 2. The molecule has 0 bridgehead atoms. The number of morpholine rings is 1. The SMILES string of the molecule is COc1ccc(S(=O)(=O)c2c(N)[nH]c3c(N4CCO[C@H](C(F)(F)F)C4)nc(C)nc23)c(F)c1. The molecule has 2 aromatic heterocycles. The van der Waals surface area contributed by atoms with Gasteiger partial charge in [0, 0.05) is 12.6 Å². The number of hydrogen-bond acceptors (Lipinski definition) is 8. The van der Waals surface area contributed by atoms with Crippen molar-refractivity contribution < 1.29 is 35.5 Å². The van der Waals surface area contributed by atoms with Gasteiger partial charge in [0.05, 0.1) is 20.3 Å². The molecule has 1 aliphatic rings. The van der Waals surface area contributed by atoms with Crippen LogP contribution in [-0.4, -0.2) is 62.5 Å². The van der Waals surface area contributed by atoms with Gasteiger partial charge < -0.3 is 25.1 Å². The minimum Gasteiger partial charge on any atom is -0.497 e. The fourth-order valence-electron chi connectivity index (χ4n) is 3.63. The fourth-order valence-corrected chi connectivity index (χ4v) is 5.16. The second kappa shape index (κ2) is 8.02. The first-order chi connectivity index (χ1) is 15.4. The van der Waals surface area contributed by atoms with Crippen molar-refractivity contribution in [1.82, 2.24) is 15.0 Å². The maximum Gasteiger partial charge on any atom is 0.416 e. The number of alkyl halides is 3. The number of sulfone groups is 1. The minimum absolute atomic E-state index is 0.0217. The van der Waals surface area contributed by atoms with Crippen LogP contribution in [-0.2, 0) is 14.6 Å². The molecule has 178 valence electrons. The Morgan fingerprint density at radius 3 is 2.67 bits per heavy atom. The lowest BCUT2D eigenvalue weighted by atomic mass is 10.2. The van der Waals surface area contributed by atoms with Crippen molar-refractivity contribution in [3.8, 4) is 5.75 Å². The van der Waals surface area contributed by atoms with Gasteiger partial charge in [-0.25, -0.2) is 22.8 Å². The number of nitrogens with one attached hydrogen (secondary N) is 1. The van der Waals surface area contributed by atoms with Crippen molar-refractivity contribution in [3.05, 3.63) is 29.8 Å². The van der Waals surface area contributed by atoms with E-state index >= 15 is 0 Å². The van der Waals surface area contributed by atoms with Crippen molar-refractivity contribution in [2.24, 2.45) is 0 Å². The molecule has 0 radical (unpaired) electrons. The minimum atomic E-state index is -4.59. The van der Waals surface area contributed by atoms with Crippen molar-refractivity contribution in [2.75, 3.05) is 37.4 Å². The summed E-state index contributed by atoms with van der Waals surface area (Å²) in [6.45, 7) is 0.765. The number of benzene rings is 1. The zero-order valence-corrected chi connectivity index (χ0v) is 18.2. The largest absolute Gasteiger partial charge is 0.497 e. The highest BCUT2D eigenvalue weighted by atomic mass is 32.2. The molecule has 4 rings (SSSR count). The number of fused-ring (bicyclic) bond motifs is 1. The summed E-state index contributed by atoms with van der Waals surface area (Å²) in [5.74, 6) is -1.15. The quantitative estimate of drug-likeness (QED) is 0.536. The molecule has 3 N–H and O–H groups in total. The number of nitrogen functional groups attached to an aromatic ring is 1. The average Bonchev–Trinajstić information content (AvgIpc) is 3.08. The van der Waals surface area contributed by atoms with Gasteiger partial charge in [-0.15, -0.1) is 0 Å². The van der Waals surface area contributed by atoms with Crippen LogP contribution >= 0.6 is 0 Å². The van der Waals surface area contributed by atoms with E-state index in [2.05, 4.69) is 15.0 Å². The van der Waals surface area contributed by atoms with Crippen molar-refractivity contribution in [1.29, 1.82) is 0 Å². The molecule has 1 saturated heterocycles. The number of aromatic amines is 1. The average molecular weight is 489 g/mol. The van der Waals surface area contributed by atoms with Gasteiger partial charge in [0.25, 0.3) is 0 Å². The van der Waals surface area contributed by atoms with Crippen LogP contribution in [0.5, 0.6) is 5.75 Å². The summed E-state index contributed by atoms with van der Waals surface area (Å²) in [4.78, 5) is 11.2. The third-order valence-electron chi connectivity index (χ3n) is 5.15. The molecule has 1 fully saturated rings. The van der Waals surface area contributed by atoms with Crippen LogP contribution in [0.1, 0.15) is 5.82 Å². The summed E-state index contributed by atoms with van der Waals surface area (Å²) < 4.78 is 90.5. The highest BCUT2D eigenvalue weighted by Gasteiger charge is 2.44. The molecule has 9 nitrogen and oxygen atoms in total. The molecule has 0 amide bonds. The molecule has 1 aliphatic heterocycles. The van der Waals surface area contributed by atoms with E-state index in [4.69, 9.17) is 15.2 Å². The lowest BCUT2D eigenvalue weighted by Gasteiger charge is -2.34. The van der Waals surface area contributed by atoms with Gasteiger partial charge in [-0.05, 0) is 19.1 Å². The van der Waals surface area contributed by atoms with E-state index in [1.165, 1.54) is 25.0 Å². The molecular weight excluding hydrogens is 470 g/mol. The molecule has 1 atom stereocenters. The number of halogens is 4. The molecule has 0 unspecified atom stereocenters. The molecule has 0 saturated carbocycles. The Morgan fingerprint density at radius 2 is 2.03 bits per heavy atom. The summed E-state index contributed by atoms with van der Waals surface area (Å²) in [5.41, 5.74) is 5.82. The van der Waals surface area contributed by atoms with Crippen molar-refractivity contribution in [2.45, 2.75) is 29.0 Å². The summed E-state index contributed by atoms with van der Waals surface area (Å²) in [7, 11) is -3.20. The standard InChI is InChI=1S/C19H19F4N5O4S/c1-9-25-14-15(18(26-9)28-5-6-32-13(8-28)19(21,22)23)27-17(24)16(14)33(29,30)12-4-3-10(31-2)7-11(12)20/h3-4,7,13,27H,5-6,8,24H2,1-2H3/t13-/m0/s1. The normalized spacial score (nSPS) is 17.5. The number of aryl methyl sites for hydroxylation is 1. The Balaban J connectivity index is 1.86. The molecule has 3 aromatic rings. The van der Waals surface area contributed by atoms with Crippen molar-refractivity contribution >= 4 is 32.5 Å². The second-order valence-corrected chi connectivity index (χ2v) is 9.19. The molecule has 14 heteroatoms. The number of H-pyrrole nitrogens is 1. The van der Waals surface area contributed by atoms with E-state index in [0.717, 1.165) is 12.1 Å². The van der Waals surface area contributed by atoms with Gasteiger partial charge >= 0.3 is 6.18 Å². The van der Waals surface area contributed by atoms with E-state index in [0.29, 0.717) is 0 Å². The molecule has 1 aromatic carbocycles. The van der Waals surface area contributed by atoms with Crippen LogP contribution in [0.3, 0.4) is 0 Å². The van der Waals surface area contributed by atoms with Gasteiger partial charge in [0.15, 0.2) is 11.9 Å². The molecule has 33 heavy (non-hydrogen) atoms. The fraction of sp³-hybridized carbons (Fsp3) is 0.368. The highest BCUT2D eigenvalue weighted by molar-refractivity contribution is 7.92. The summed E-state index contributed by atoms with van der Waals surface area (Å²) in [6, 6.07) is 3.22. The number of methoxy groups -OCH3 is 1. The van der Waals surface area contributed by atoms with Gasteiger partial charge in [-0.3, -0.25) is 0 Å². The Hall–Kier alpha value is -3.13. The van der Waals surface area contributed by atoms with Crippen LogP contribution < -0.4 is 15.4 Å². The molecular formula is C19H19F4N5O4S. The molecule has 3 heterocycles. The van der Waals surface area contributed by atoms with Gasteiger partial charge in [-0.1, -0.05) is 0 Å². The van der Waals surface area contributed by atoms with Gasteiger partial charge in [0.1, 0.15) is 44.0 Å². The smallest absolute Gasteiger partial charge is 0.416 e. The number of ether oxygens (including phenoxy) is 2. The van der Waals surface area contributed by atoms with E-state index in [-0.39, 0.29) is 47.4 Å². The number of aromatic nitrogens is 3. The third kappa shape index (κ3) is 4.04. The lowest BCUT2D eigenvalue weighted by Crippen LogP contribution is -2.49. The van der Waals surface area contributed by atoms with Crippen LogP contribution in [0.2, 0.25) is 0 Å². The topological polar surface area (TPSA) is 123 Å². The Kier molecular flexibility index (Phi) is 5.60. The predicted molar refractivity (Wildman–Crippen MR) is 109 cm³/mol. The molecule has 0 aliphatic carbocycles. The van der Waals surface area contributed by atoms with Gasteiger partial charge in [0.2, 0.25) is 9.84 Å². The Bertz CT molecular complexity index is 1330. The van der Waals surface area contributed by atoms with E-state index in [1.54, 1.807) is 0 Å². The number of anilines is 2. The van der Waals surface area contributed by atoms with Gasteiger partial charge in [-0.2, -0.15) is 13.2 Å². The zero-order chi connectivity index (χ0) is 24.1. The lowest BCUT2D eigenvalue weighted by molar-refractivity contribution is -0.221. The number of rotatable bonds is 4. The first-order valence-corrected chi connectivity index (χ1v) is 11.1. The first-order valence-electron chi connectivity index (χ1n) is 9.61. The van der Waals surface area contributed by atoms with Crippen LogP contribution in [0.25, 0.3) is 11.0 Å². The van der Waals surface area contributed by atoms with E-state index in [1.807, 2.05) is 0 Å². The van der Waals surface area contributed by atoms with Crippen LogP contribution in [0.4, 0.5) is 29.2 Å². The Labute approximate surface area is 185 Å². The Morgan fingerprint density at radius 1 is 1.30 bits per heavy atom. The maximum atomic E-state index is 14.6. The number of nitrogens with zero attached hydrogens (tertiary/aromatic N) is 3. The van der Waals surface area contributed by atoms with E-state index in [9.17, 15) is 26.0 Å².